The number of piperidine rings is 1. The van der Waals surface area contributed by atoms with Crippen molar-refractivity contribution in [3.63, 3.8) is 0 Å². The molecule has 3 amide bonds. The van der Waals surface area contributed by atoms with E-state index in [2.05, 4.69) is 5.32 Å². The topological polar surface area (TPSA) is 52.7 Å². The molecule has 0 aliphatic carbocycles. The summed E-state index contributed by atoms with van der Waals surface area (Å²) in [5, 5.41) is 2.95. The Balaban J connectivity index is 1.42. The van der Waals surface area contributed by atoms with Crippen LogP contribution in [0, 0.1) is 5.82 Å². The van der Waals surface area contributed by atoms with Crippen LogP contribution < -0.4 is 10.2 Å². The molecule has 2 heterocycles. The number of halogens is 1. The Morgan fingerprint density at radius 1 is 1.10 bits per heavy atom. The Bertz CT molecular complexity index is 897. The average Bonchev–Trinajstić information content (AvgIpc) is 3.05. The fourth-order valence-corrected chi connectivity index (χ4v) is 5.56. The summed E-state index contributed by atoms with van der Waals surface area (Å²) in [7, 11) is 0. The van der Waals surface area contributed by atoms with Crippen LogP contribution in [0.4, 0.5) is 20.6 Å². The van der Waals surface area contributed by atoms with Crippen molar-refractivity contribution in [1.82, 2.24) is 4.90 Å². The molecule has 2 aromatic rings. The molecule has 0 aromatic heterocycles. The Hall–Kier alpha value is -2.19. The summed E-state index contributed by atoms with van der Waals surface area (Å²) in [6.07, 6.45) is 3.37. The van der Waals surface area contributed by atoms with Gasteiger partial charge in [-0.3, -0.25) is 9.69 Å². The van der Waals surface area contributed by atoms with Gasteiger partial charge in [-0.15, -0.1) is 23.5 Å². The smallest absolute Gasteiger partial charge is 0.321 e. The predicted molar refractivity (Wildman–Crippen MR) is 117 cm³/mol. The Morgan fingerprint density at radius 2 is 1.76 bits per heavy atom. The van der Waals surface area contributed by atoms with E-state index < -0.39 is 0 Å². The summed E-state index contributed by atoms with van der Waals surface area (Å²) in [4.78, 5) is 29.6. The SMILES string of the molecule is CSc1ccc(NC(=O)N2CCC3(CC2)SCC(=O)N3c2ccc(F)cc2)cc1. The van der Waals surface area contributed by atoms with Crippen LogP contribution in [-0.2, 0) is 4.79 Å². The van der Waals surface area contributed by atoms with Crippen molar-refractivity contribution in [3.8, 4) is 0 Å². The van der Waals surface area contributed by atoms with E-state index in [0.717, 1.165) is 10.6 Å². The lowest BCUT2D eigenvalue weighted by molar-refractivity contribution is -0.116. The molecule has 0 radical (unpaired) electrons. The average molecular weight is 432 g/mol. The summed E-state index contributed by atoms with van der Waals surface area (Å²) in [5.41, 5.74) is 1.49. The molecule has 2 saturated heterocycles. The second kappa shape index (κ2) is 8.28. The van der Waals surface area contributed by atoms with Gasteiger partial charge < -0.3 is 10.2 Å². The van der Waals surface area contributed by atoms with Crippen molar-refractivity contribution in [2.75, 3.05) is 35.3 Å². The molecule has 8 heteroatoms. The third-order valence-electron chi connectivity index (χ3n) is 5.38. The van der Waals surface area contributed by atoms with Gasteiger partial charge in [0.2, 0.25) is 5.91 Å². The van der Waals surface area contributed by atoms with Crippen LogP contribution in [0.5, 0.6) is 0 Å². The van der Waals surface area contributed by atoms with Gasteiger partial charge in [-0.05, 0) is 67.6 Å². The van der Waals surface area contributed by atoms with E-state index in [0.29, 0.717) is 37.4 Å². The van der Waals surface area contributed by atoms with E-state index >= 15 is 0 Å². The van der Waals surface area contributed by atoms with Crippen LogP contribution in [0.1, 0.15) is 12.8 Å². The summed E-state index contributed by atoms with van der Waals surface area (Å²) < 4.78 is 13.3. The molecule has 5 nitrogen and oxygen atoms in total. The number of hydrogen-bond acceptors (Lipinski definition) is 4. The number of carbonyl (C=O) groups is 2. The lowest BCUT2D eigenvalue weighted by Gasteiger charge is -2.43. The van der Waals surface area contributed by atoms with Crippen molar-refractivity contribution in [2.24, 2.45) is 0 Å². The van der Waals surface area contributed by atoms with E-state index in [1.54, 1.807) is 45.5 Å². The highest BCUT2D eigenvalue weighted by Crippen LogP contribution is 2.46. The van der Waals surface area contributed by atoms with Gasteiger partial charge in [-0.25, -0.2) is 9.18 Å². The number of thioether (sulfide) groups is 2. The van der Waals surface area contributed by atoms with Crippen molar-refractivity contribution in [3.05, 3.63) is 54.3 Å². The first-order valence-corrected chi connectivity index (χ1v) is 11.6. The van der Waals surface area contributed by atoms with Crippen LogP contribution >= 0.6 is 23.5 Å². The van der Waals surface area contributed by atoms with E-state index in [1.165, 1.54) is 12.1 Å². The molecule has 1 spiro atoms. The van der Waals surface area contributed by atoms with E-state index in [9.17, 15) is 14.0 Å². The van der Waals surface area contributed by atoms with Gasteiger partial charge in [0.25, 0.3) is 0 Å². The standard InChI is InChI=1S/C21H22FN3O2S2/c1-28-18-8-4-16(5-9-18)23-20(27)24-12-10-21(11-13-24)25(19(26)14-29-21)17-6-2-15(22)3-7-17/h2-9H,10-14H2,1H3,(H,23,27). The third-order valence-corrected chi connectivity index (χ3v) is 7.64. The van der Waals surface area contributed by atoms with Gasteiger partial charge >= 0.3 is 6.03 Å². The molecule has 0 saturated carbocycles. The van der Waals surface area contributed by atoms with E-state index in [-0.39, 0.29) is 22.6 Å². The van der Waals surface area contributed by atoms with Crippen LogP contribution in [0.25, 0.3) is 0 Å². The molecular formula is C21H22FN3O2S2. The van der Waals surface area contributed by atoms with Crippen LogP contribution in [0.3, 0.4) is 0 Å². The minimum atomic E-state index is -0.369. The number of amides is 3. The van der Waals surface area contributed by atoms with E-state index in [1.807, 2.05) is 30.5 Å². The summed E-state index contributed by atoms with van der Waals surface area (Å²) in [6.45, 7) is 1.12. The molecular weight excluding hydrogens is 409 g/mol. The van der Waals surface area contributed by atoms with Crippen LogP contribution in [-0.4, -0.2) is 46.8 Å². The number of anilines is 2. The summed E-state index contributed by atoms with van der Waals surface area (Å²) in [6, 6.07) is 13.7. The van der Waals surface area contributed by atoms with Gasteiger partial charge in [0.1, 0.15) is 5.82 Å². The predicted octanol–water partition coefficient (Wildman–Crippen LogP) is 4.65. The molecule has 2 aliphatic heterocycles. The first kappa shape index (κ1) is 20.1. The highest BCUT2D eigenvalue weighted by atomic mass is 32.2. The number of carbonyl (C=O) groups excluding carboxylic acids is 2. The van der Waals surface area contributed by atoms with Crippen molar-refractivity contribution < 1.29 is 14.0 Å². The normalized spacial score (nSPS) is 18.3. The fourth-order valence-electron chi connectivity index (χ4n) is 3.83. The lowest BCUT2D eigenvalue weighted by Crippen LogP contribution is -2.53. The van der Waals surface area contributed by atoms with Gasteiger partial charge in [-0.2, -0.15) is 0 Å². The summed E-state index contributed by atoms with van der Waals surface area (Å²) in [5.74, 6) is 0.123. The highest BCUT2D eigenvalue weighted by molar-refractivity contribution is 8.02. The van der Waals surface area contributed by atoms with Gasteiger partial charge in [-0.1, -0.05) is 0 Å². The number of nitrogens with zero attached hydrogens (tertiary/aromatic N) is 2. The Labute approximate surface area is 178 Å². The molecule has 152 valence electrons. The number of urea groups is 1. The zero-order chi connectivity index (χ0) is 20.4. The first-order chi connectivity index (χ1) is 14.0. The van der Waals surface area contributed by atoms with Gasteiger partial charge in [0.05, 0.1) is 10.6 Å². The molecule has 0 bridgehead atoms. The molecule has 29 heavy (non-hydrogen) atoms. The van der Waals surface area contributed by atoms with Crippen LogP contribution in [0.15, 0.2) is 53.4 Å². The number of hydrogen-bond donors (Lipinski definition) is 1. The molecule has 2 fully saturated rings. The van der Waals surface area contributed by atoms with E-state index in [4.69, 9.17) is 0 Å². The van der Waals surface area contributed by atoms with Crippen molar-refractivity contribution in [1.29, 1.82) is 0 Å². The maximum Gasteiger partial charge on any atom is 0.321 e. The van der Waals surface area contributed by atoms with Gasteiger partial charge in [0.15, 0.2) is 0 Å². The number of nitrogens with one attached hydrogen (secondary N) is 1. The maximum atomic E-state index is 13.3. The second-order valence-electron chi connectivity index (χ2n) is 7.09. The van der Waals surface area contributed by atoms with Gasteiger partial charge in [0, 0.05) is 29.4 Å². The third kappa shape index (κ3) is 4.09. The largest absolute Gasteiger partial charge is 0.324 e. The Kier molecular flexibility index (Phi) is 5.74. The Morgan fingerprint density at radius 3 is 2.38 bits per heavy atom. The van der Waals surface area contributed by atoms with Crippen molar-refractivity contribution >= 4 is 46.8 Å². The minimum absolute atomic E-state index is 0.0355. The molecule has 1 N–H and O–H groups in total. The fraction of sp³-hybridized carbons (Fsp3) is 0.333. The number of likely N-dealkylation sites (tertiary alicyclic amines) is 1. The lowest BCUT2D eigenvalue weighted by atomic mass is 10.0. The number of benzene rings is 2. The zero-order valence-corrected chi connectivity index (χ0v) is 17.7. The highest BCUT2D eigenvalue weighted by Gasteiger charge is 2.49. The van der Waals surface area contributed by atoms with Crippen molar-refractivity contribution in [2.45, 2.75) is 22.6 Å². The minimum Gasteiger partial charge on any atom is -0.324 e. The second-order valence-corrected chi connectivity index (χ2v) is 9.30. The molecule has 2 aliphatic rings. The molecule has 0 atom stereocenters. The molecule has 0 unspecified atom stereocenters. The molecule has 4 rings (SSSR count). The first-order valence-electron chi connectivity index (χ1n) is 9.43. The number of rotatable bonds is 3. The molecule has 2 aromatic carbocycles. The van der Waals surface area contributed by atoms with Crippen LogP contribution in [0.2, 0.25) is 0 Å². The summed E-state index contributed by atoms with van der Waals surface area (Å²) >= 11 is 3.28. The zero-order valence-electron chi connectivity index (χ0n) is 16.1. The quantitative estimate of drug-likeness (QED) is 0.719. The maximum absolute atomic E-state index is 13.3. The monoisotopic (exact) mass is 431 g/mol.